The summed E-state index contributed by atoms with van der Waals surface area (Å²) in [6.07, 6.45) is 7.00. The number of hydrogen-bond donors (Lipinski definition) is 0. The Morgan fingerprint density at radius 1 is 1.24 bits per heavy atom. The third-order valence-corrected chi connectivity index (χ3v) is 4.69. The van der Waals surface area contributed by atoms with Crippen molar-refractivity contribution in [3.05, 3.63) is 0 Å². The van der Waals surface area contributed by atoms with E-state index in [1.165, 1.54) is 32.2 Å². The Morgan fingerprint density at radius 3 is 2.65 bits per heavy atom. The quantitative estimate of drug-likeness (QED) is 0.766. The smallest absolute Gasteiger partial charge is 0.232 e. The third kappa shape index (κ3) is 2.79. The van der Waals surface area contributed by atoms with Gasteiger partial charge < -0.3 is 4.90 Å². The molecule has 3 nitrogen and oxygen atoms in total. The lowest BCUT2D eigenvalue weighted by Gasteiger charge is -2.34. The zero-order valence-corrected chi connectivity index (χ0v) is 11.8. The average Bonchev–Trinajstić information content (AvgIpc) is 2.97. The molecule has 2 fully saturated rings. The molecule has 0 unspecified atom stereocenters. The Kier molecular flexibility index (Phi) is 4.74. The van der Waals surface area contributed by atoms with Gasteiger partial charge in [0, 0.05) is 18.6 Å². The fourth-order valence-corrected chi connectivity index (χ4v) is 3.80. The lowest BCUT2D eigenvalue weighted by molar-refractivity contribution is -0.130. The third-order valence-electron chi connectivity index (χ3n) is 4.15. The molecule has 0 aromatic carbocycles. The number of nitrogens with zero attached hydrogens (tertiary/aromatic N) is 2. The molecule has 0 aliphatic carbocycles. The van der Waals surface area contributed by atoms with E-state index < -0.39 is 0 Å². The van der Waals surface area contributed by atoms with Crippen molar-refractivity contribution in [1.82, 2.24) is 9.80 Å². The van der Waals surface area contributed by atoms with Crippen LogP contribution in [-0.2, 0) is 4.79 Å². The molecule has 2 aliphatic heterocycles. The molecular formula is C13H24N2OS. The van der Waals surface area contributed by atoms with Gasteiger partial charge in [-0.2, -0.15) is 11.8 Å². The van der Waals surface area contributed by atoms with Crippen LogP contribution in [0, 0.1) is 0 Å². The Morgan fingerprint density at radius 2 is 1.94 bits per heavy atom. The van der Waals surface area contributed by atoms with Crippen LogP contribution in [0.1, 0.15) is 32.6 Å². The van der Waals surface area contributed by atoms with Crippen molar-refractivity contribution in [2.45, 2.75) is 44.7 Å². The number of hydrogen-bond acceptors (Lipinski definition) is 3. The van der Waals surface area contributed by atoms with E-state index in [2.05, 4.69) is 16.7 Å². The molecule has 2 atom stereocenters. The number of rotatable bonds is 4. The Balaban J connectivity index is 2.01. The molecule has 0 bridgehead atoms. The summed E-state index contributed by atoms with van der Waals surface area (Å²) in [6.45, 7) is 5.58. The zero-order chi connectivity index (χ0) is 12.3. The predicted molar refractivity (Wildman–Crippen MR) is 73.4 cm³/mol. The second-order valence-corrected chi connectivity index (χ2v) is 5.93. The molecule has 2 rings (SSSR count). The zero-order valence-electron chi connectivity index (χ0n) is 11.0. The van der Waals surface area contributed by atoms with Crippen LogP contribution in [0.2, 0.25) is 0 Å². The highest BCUT2D eigenvalue weighted by Gasteiger charge is 2.38. The highest BCUT2D eigenvalue weighted by Crippen LogP contribution is 2.30. The van der Waals surface area contributed by atoms with E-state index in [1.807, 2.05) is 6.26 Å². The summed E-state index contributed by atoms with van der Waals surface area (Å²) in [5.74, 6) is 0.998. The normalized spacial score (nSPS) is 30.1. The summed E-state index contributed by atoms with van der Waals surface area (Å²) in [5.41, 5.74) is 0. The fourth-order valence-electron chi connectivity index (χ4n) is 3.39. The van der Waals surface area contributed by atoms with Crippen LogP contribution in [0.3, 0.4) is 0 Å². The second kappa shape index (κ2) is 6.10. The van der Waals surface area contributed by atoms with Gasteiger partial charge in [-0.15, -0.1) is 0 Å². The number of likely N-dealkylation sites (tertiary alicyclic amines) is 2. The van der Waals surface area contributed by atoms with Crippen LogP contribution in [0.4, 0.5) is 0 Å². The maximum absolute atomic E-state index is 12.1. The van der Waals surface area contributed by atoms with Gasteiger partial charge in [-0.1, -0.05) is 6.92 Å². The minimum absolute atomic E-state index is 0.350. The standard InChI is InChI=1S/C13H24N2OS/c1-3-14-8-4-6-11(14)12-7-5-9-15(12)13(16)10-17-2/h11-12H,3-10H2,1-2H3/t11-,12+/m0/s1. The molecule has 0 radical (unpaired) electrons. The van der Waals surface area contributed by atoms with E-state index in [9.17, 15) is 4.79 Å². The first kappa shape index (κ1) is 13.2. The van der Waals surface area contributed by atoms with Gasteiger partial charge >= 0.3 is 0 Å². The molecule has 98 valence electrons. The molecule has 2 saturated heterocycles. The number of carbonyl (C=O) groups is 1. The van der Waals surface area contributed by atoms with Gasteiger partial charge in [-0.05, 0) is 45.0 Å². The van der Waals surface area contributed by atoms with E-state index in [0.29, 0.717) is 23.7 Å². The average molecular weight is 256 g/mol. The lowest BCUT2D eigenvalue weighted by Crippen LogP contribution is -2.48. The Bertz CT molecular complexity index is 272. The molecule has 2 aliphatic rings. The van der Waals surface area contributed by atoms with Crippen molar-refractivity contribution in [1.29, 1.82) is 0 Å². The van der Waals surface area contributed by atoms with Crippen LogP contribution in [-0.4, -0.2) is 59.4 Å². The predicted octanol–water partition coefficient (Wildman–Crippen LogP) is 1.82. The first-order valence-electron chi connectivity index (χ1n) is 6.80. The minimum Gasteiger partial charge on any atom is -0.337 e. The van der Waals surface area contributed by atoms with Crippen molar-refractivity contribution in [2.75, 3.05) is 31.6 Å². The van der Waals surface area contributed by atoms with E-state index in [1.54, 1.807) is 11.8 Å². The van der Waals surface area contributed by atoms with Gasteiger partial charge in [0.1, 0.15) is 0 Å². The molecule has 0 aromatic rings. The summed E-state index contributed by atoms with van der Waals surface area (Å²) in [6, 6.07) is 1.13. The van der Waals surface area contributed by atoms with Crippen molar-refractivity contribution >= 4 is 17.7 Å². The van der Waals surface area contributed by atoms with Crippen LogP contribution >= 0.6 is 11.8 Å². The monoisotopic (exact) mass is 256 g/mol. The van der Waals surface area contributed by atoms with Gasteiger partial charge in [-0.25, -0.2) is 0 Å². The number of likely N-dealkylation sites (N-methyl/N-ethyl adjacent to an activating group) is 1. The van der Waals surface area contributed by atoms with E-state index in [0.717, 1.165) is 13.1 Å². The topological polar surface area (TPSA) is 23.6 Å². The summed E-state index contributed by atoms with van der Waals surface area (Å²) < 4.78 is 0. The molecule has 4 heteroatoms. The van der Waals surface area contributed by atoms with Crippen LogP contribution in [0.5, 0.6) is 0 Å². The van der Waals surface area contributed by atoms with Gasteiger partial charge in [-0.3, -0.25) is 9.69 Å². The summed E-state index contributed by atoms with van der Waals surface area (Å²) in [7, 11) is 0. The van der Waals surface area contributed by atoms with E-state index in [-0.39, 0.29) is 0 Å². The van der Waals surface area contributed by atoms with E-state index >= 15 is 0 Å². The molecule has 17 heavy (non-hydrogen) atoms. The van der Waals surface area contributed by atoms with Gasteiger partial charge in [0.05, 0.1) is 5.75 Å². The van der Waals surface area contributed by atoms with Crippen LogP contribution in [0.15, 0.2) is 0 Å². The van der Waals surface area contributed by atoms with Crippen LogP contribution in [0.25, 0.3) is 0 Å². The largest absolute Gasteiger partial charge is 0.337 e. The Hall–Kier alpha value is -0.220. The molecule has 0 spiro atoms. The van der Waals surface area contributed by atoms with Crippen LogP contribution < -0.4 is 0 Å². The second-order valence-electron chi connectivity index (χ2n) is 5.07. The van der Waals surface area contributed by atoms with Gasteiger partial charge in [0.2, 0.25) is 5.91 Å². The van der Waals surface area contributed by atoms with Crippen molar-refractivity contribution in [3.63, 3.8) is 0 Å². The maximum Gasteiger partial charge on any atom is 0.232 e. The highest BCUT2D eigenvalue weighted by atomic mass is 32.2. The fraction of sp³-hybridized carbons (Fsp3) is 0.923. The molecule has 0 saturated carbocycles. The van der Waals surface area contributed by atoms with Crippen molar-refractivity contribution in [3.8, 4) is 0 Å². The van der Waals surface area contributed by atoms with Crippen molar-refractivity contribution in [2.24, 2.45) is 0 Å². The molecule has 2 heterocycles. The summed E-state index contributed by atoms with van der Waals surface area (Å²) in [5, 5.41) is 0. The molecular weight excluding hydrogens is 232 g/mol. The van der Waals surface area contributed by atoms with Crippen molar-refractivity contribution < 1.29 is 4.79 Å². The first-order valence-corrected chi connectivity index (χ1v) is 8.19. The summed E-state index contributed by atoms with van der Waals surface area (Å²) >= 11 is 1.64. The number of thioether (sulfide) groups is 1. The number of carbonyl (C=O) groups excluding carboxylic acids is 1. The molecule has 0 aromatic heterocycles. The number of amides is 1. The minimum atomic E-state index is 0.350. The highest BCUT2D eigenvalue weighted by molar-refractivity contribution is 7.99. The van der Waals surface area contributed by atoms with E-state index in [4.69, 9.17) is 0 Å². The van der Waals surface area contributed by atoms with Gasteiger partial charge in [0.15, 0.2) is 0 Å². The van der Waals surface area contributed by atoms with Gasteiger partial charge in [0.25, 0.3) is 0 Å². The molecule has 0 N–H and O–H groups in total. The lowest BCUT2D eigenvalue weighted by atomic mass is 10.0. The SMILES string of the molecule is CCN1CCC[C@H]1[C@H]1CCCN1C(=O)CSC. The first-order chi connectivity index (χ1) is 8.27. The molecule has 1 amide bonds. The Labute approximate surface area is 109 Å². The maximum atomic E-state index is 12.1. The summed E-state index contributed by atoms with van der Waals surface area (Å²) in [4.78, 5) is 16.8.